The summed E-state index contributed by atoms with van der Waals surface area (Å²) in [5.41, 5.74) is 3.97. The number of benzene rings is 1. The molecule has 0 aliphatic carbocycles. The number of aromatic nitrogens is 3. The van der Waals surface area contributed by atoms with E-state index in [0.717, 1.165) is 11.3 Å². The molecule has 0 spiro atoms. The van der Waals surface area contributed by atoms with Gasteiger partial charge in [0.15, 0.2) is 17.2 Å². The molecule has 7 heteroatoms. The van der Waals surface area contributed by atoms with E-state index in [4.69, 9.17) is 9.47 Å². The first-order valence-electron chi connectivity index (χ1n) is 8.41. The van der Waals surface area contributed by atoms with E-state index in [1.54, 1.807) is 18.5 Å². The number of ether oxygens (including phenoxy) is 2. The number of methoxy groups -OCH3 is 2. The summed E-state index contributed by atoms with van der Waals surface area (Å²) in [7, 11) is 2.96. The summed E-state index contributed by atoms with van der Waals surface area (Å²) in [4.78, 5) is 17.7. The molecule has 136 valence electrons. The summed E-state index contributed by atoms with van der Waals surface area (Å²) >= 11 is 0. The van der Waals surface area contributed by atoms with E-state index < -0.39 is 5.82 Å². The lowest BCUT2D eigenvalue weighted by atomic mass is 10.1. The molecule has 1 aromatic carbocycles. The van der Waals surface area contributed by atoms with Gasteiger partial charge in [-0.25, -0.2) is 14.4 Å². The molecular formula is C20H17FN4O2. The Labute approximate surface area is 155 Å². The molecular weight excluding hydrogens is 347 g/mol. The Morgan fingerprint density at radius 1 is 1.11 bits per heavy atom. The van der Waals surface area contributed by atoms with Gasteiger partial charge in [-0.05, 0) is 18.2 Å². The average molecular weight is 364 g/mol. The van der Waals surface area contributed by atoms with Crippen LogP contribution in [-0.2, 0) is 6.42 Å². The van der Waals surface area contributed by atoms with Gasteiger partial charge in [-0.3, -0.25) is 9.98 Å². The monoisotopic (exact) mass is 364 g/mol. The lowest BCUT2D eigenvalue weighted by molar-refractivity contribution is 0.371. The third-order valence-corrected chi connectivity index (χ3v) is 4.32. The Morgan fingerprint density at radius 3 is 2.74 bits per heavy atom. The van der Waals surface area contributed by atoms with Gasteiger partial charge < -0.3 is 9.47 Å². The molecule has 6 nitrogen and oxygen atoms in total. The largest absolute Gasteiger partial charge is 0.497 e. The van der Waals surface area contributed by atoms with Gasteiger partial charge in [-0.15, -0.1) is 0 Å². The number of aliphatic imine (C=N–C) groups is 1. The maximum absolute atomic E-state index is 14.6. The van der Waals surface area contributed by atoms with Crippen molar-refractivity contribution < 1.29 is 13.9 Å². The number of pyridine rings is 1. The predicted octanol–water partition coefficient (Wildman–Crippen LogP) is 3.24. The van der Waals surface area contributed by atoms with E-state index in [1.165, 1.54) is 20.3 Å². The highest BCUT2D eigenvalue weighted by molar-refractivity contribution is 6.10. The minimum Gasteiger partial charge on any atom is -0.497 e. The number of halogens is 1. The molecule has 0 N–H and O–H groups in total. The molecule has 1 aliphatic heterocycles. The first kappa shape index (κ1) is 17.1. The van der Waals surface area contributed by atoms with E-state index in [1.807, 2.05) is 18.2 Å². The quantitative estimate of drug-likeness (QED) is 0.695. The summed E-state index contributed by atoms with van der Waals surface area (Å²) in [5, 5.41) is 0. The summed E-state index contributed by atoms with van der Waals surface area (Å²) < 4.78 is 24.9. The highest BCUT2D eigenvalue weighted by atomic mass is 19.1. The minimum absolute atomic E-state index is 0.139. The highest BCUT2D eigenvalue weighted by Crippen LogP contribution is 2.28. The van der Waals surface area contributed by atoms with Crippen LogP contribution in [-0.4, -0.2) is 41.9 Å². The Balaban J connectivity index is 1.71. The molecule has 4 rings (SSSR count). The molecule has 0 fully saturated rings. The van der Waals surface area contributed by atoms with E-state index in [0.29, 0.717) is 34.7 Å². The first-order chi connectivity index (χ1) is 13.2. The van der Waals surface area contributed by atoms with Gasteiger partial charge in [-0.1, -0.05) is 6.08 Å². The minimum atomic E-state index is -0.424. The van der Waals surface area contributed by atoms with Crippen molar-refractivity contribution in [3.63, 3.8) is 0 Å². The second-order valence-corrected chi connectivity index (χ2v) is 6.03. The number of hydrogen-bond donors (Lipinski definition) is 0. The number of nitrogens with zero attached hydrogens (tertiary/aromatic N) is 4. The smallest absolute Gasteiger partial charge is 0.179 e. The fraction of sp³-hybridized carbons (Fsp3) is 0.200. The number of allylic oxidation sites excluding steroid dienone is 1. The van der Waals surface area contributed by atoms with E-state index >= 15 is 0 Å². The molecule has 0 saturated heterocycles. The Hall–Kier alpha value is -3.35. The van der Waals surface area contributed by atoms with Crippen molar-refractivity contribution in [2.24, 2.45) is 4.99 Å². The average Bonchev–Trinajstić information content (AvgIpc) is 3.24. The zero-order valence-corrected chi connectivity index (χ0v) is 14.9. The van der Waals surface area contributed by atoms with Crippen LogP contribution >= 0.6 is 0 Å². The number of hydrogen-bond acceptors (Lipinski definition) is 6. The number of fused-ring (bicyclic) bond motifs is 1. The van der Waals surface area contributed by atoms with Crippen LogP contribution in [0.5, 0.6) is 11.5 Å². The summed E-state index contributed by atoms with van der Waals surface area (Å²) in [6.07, 6.45) is 5.75. The Kier molecular flexibility index (Phi) is 4.50. The molecule has 3 heterocycles. The molecule has 0 saturated carbocycles. The van der Waals surface area contributed by atoms with Crippen molar-refractivity contribution in [3.8, 4) is 11.5 Å². The summed E-state index contributed by atoms with van der Waals surface area (Å²) in [5.74, 6) is 0.241. The van der Waals surface area contributed by atoms with Crippen LogP contribution in [0, 0.1) is 5.82 Å². The molecule has 0 atom stereocenters. The van der Waals surface area contributed by atoms with E-state index in [2.05, 4.69) is 19.9 Å². The predicted molar refractivity (Wildman–Crippen MR) is 101 cm³/mol. The maximum Gasteiger partial charge on any atom is 0.179 e. The Bertz CT molecular complexity index is 1080. The zero-order valence-electron chi connectivity index (χ0n) is 14.9. The summed E-state index contributed by atoms with van der Waals surface area (Å²) in [6.45, 7) is 0.652. The van der Waals surface area contributed by atoms with Gasteiger partial charge in [-0.2, -0.15) is 0 Å². The molecule has 2 aromatic heterocycles. The molecule has 27 heavy (non-hydrogen) atoms. The van der Waals surface area contributed by atoms with Crippen molar-refractivity contribution in [1.82, 2.24) is 15.0 Å². The fourth-order valence-electron chi connectivity index (χ4n) is 2.92. The molecule has 1 aliphatic rings. The lowest BCUT2D eigenvalue weighted by Gasteiger charge is -2.10. The van der Waals surface area contributed by atoms with Crippen LogP contribution in [0.15, 0.2) is 41.5 Å². The number of rotatable bonds is 5. The Morgan fingerprint density at radius 2 is 2.00 bits per heavy atom. The van der Waals surface area contributed by atoms with Gasteiger partial charge in [0, 0.05) is 35.5 Å². The standard InChI is InChI=1S/C20H17FN4O2/c1-26-15-8-13(19(21)18(9-15)27-2)7-14-3-4-16-20(24-14)25-17(11-23-16)12-5-6-22-10-12/h3-5,8-11H,6-7H2,1-2H3. The highest BCUT2D eigenvalue weighted by Gasteiger charge is 2.14. The van der Waals surface area contributed by atoms with Crippen LogP contribution in [0.3, 0.4) is 0 Å². The van der Waals surface area contributed by atoms with E-state index in [9.17, 15) is 4.39 Å². The van der Waals surface area contributed by atoms with Gasteiger partial charge in [0.05, 0.1) is 32.7 Å². The molecule has 0 unspecified atom stereocenters. The second-order valence-electron chi connectivity index (χ2n) is 6.03. The van der Waals surface area contributed by atoms with Crippen LogP contribution in [0.4, 0.5) is 4.39 Å². The second kappa shape index (κ2) is 7.11. The van der Waals surface area contributed by atoms with Crippen LogP contribution in [0.25, 0.3) is 16.7 Å². The van der Waals surface area contributed by atoms with Crippen molar-refractivity contribution in [3.05, 3.63) is 59.3 Å². The lowest BCUT2D eigenvalue weighted by Crippen LogP contribution is -2.01. The summed E-state index contributed by atoms with van der Waals surface area (Å²) in [6, 6.07) is 6.81. The van der Waals surface area contributed by atoms with Crippen LogP contribution in [0.2, 0.25) is 0 Å². The zero-order chi connectivity index (χ0) is 18.8. The van der Waals surface area contributed by atoms with Crippen molar-refractivity contribution in [2.75, 3.05) is 20.8 Å². The SMILES string of the molecule is COc1cc(Cc2ccc3ncc(C4=CCN=C4)nc3n2)c(F)c(OC)c1. The topological polar surface area (TPSA) is 69.5 Å². The van der Waals surface area contributed by atoms with E-state index in [-0.39, 0.29) is 12.2 Å². The van der Waals surface area contributed by atoms with Gasteiger partial charge in [0.2, 0.25) is 0 Å². The van der Waals surface area contributed by atoms with Crippen molar-refractivity contribution >= 4 is 23.0 Å². The first-order valence-corrected chi connectivity index (χ1v) is 8.41. The molecule has 0 amide bonds. The third kappa shape index (κ3) is 3.36. The van der Waals surface area contributed by atoms with Gasteiger partial charge in [0.1, 0.15) is 11.3 Å². The third-order valence-electron chi connectivity index (χ3n) is 4.32. The normalized spacial score (nSPS) is 13.1. The van der Waals surface area contributed by atoms with Crippen LogP contribution < -0.4 is 9.47 Å². The fourth-order valence-corrected chi connectivity index (χ4v) is 2.92. The maximum atomic E-state index is 14.6. The molecule has 0 bridgehead atoms. The van der Waals surface area contributed by atoms with Crippen molar-refractivity contribution in [1.29, 1.82) is 0 Å². The molecule has 3 aromatic rings. The van der Waals surface area contributed by atoms with Gasteiger partial charge >= 0.3 is 0 Å². The molecule has 0 radical (unpaired) electrons. The van der Waals surface area contributed by atoms with Crippen molar-refractivity contribution in [2.45, 2.75) is 6.42 Å². The van der Waals surface area contributed by atoms with Gasteiger partial charge in [0.25, 0.3) is 0 Å². The van der Waals surface area contributed by atoms with Crippen LogP contribution in [0.1, 0.15) is 17.0 Å².